The highest BCUT2D eigenvalue weighted by Crippen LogP contribution is 2.12. The molecule has 2 nitrogen and oxygen atoms in total. The smallest absolute Gasteiger partial charge is 0.132 e. The van der Waals surface area contributed by atoms with Crippen LogP contribution < -0.4 is 6.15 Å². The number of carbonyl (C=O) groups excluding carboxylic acids is 1. The first-order valence-electron chi connectivity index (χ1n) is 7.56. The molecule has 0 aromatic heterocycles. The fourth-order valence-electron chi connectivity index (χ4n) is 2.41. The lowest BCUT2D eigenvalue weighted by molar-refractivity contribution is -0.119. The first kappa shape index (κ1) is 17.4. The molecule has 1 aliphatic carbocycles. The van der Waals surface area contributed by atoms with E-state index in [1.54, 1.807) is 0 Å². The van der Waals surface area contributed by atoms with Gasteiger partial charge in [0.1, 0.15) is 5.78 Å². The van der Waals surface area contributed by atoms with Gasteiger partial charge in [0.25, 0.3) is 0 Å². The molecule has 0 radical (unpaired) electrons. The van der Waals surface area contributed by atoms with Crippen molar-refractivity contribution in [1.82, 2.24) is 6.15 Å². The molecule has 0 aromatic carbocycles. The number of hydrogen-bond acceptors (Lipinski definition) is 2. The van der Waals surface area contributed by atoms with Gasteiger partial charge in [0.05, 0.1) is 0 Å². The zero-order valence-corrected chi connectivity index (χ0v) is 12.0. The Hall–Kier alpha value is -0.630. The molecule has 2 heteroatoms. The summed E-state index contributed by atoms with van der Waals surface area (Å²) >= 11 is 0. The topological polar surface area (TPSA) is 52.1 Å². The van der Waals surface area contributed by atoms with Gasteiger partial charge in [0.2, 0.25) is 0 Å². The summed E-state index contributed by atoms with van der Waals surface area (Å²) in [5.74, 6) is 0.487. The van der Waals surface area contributed by atoms with Crippen LogP contribution in [0.25, 0.3) is 0 Å². The van der Waals surface area contributed by atoms with E-state index in [1.165, 1.54) is 51.4 Å². The molecule has 1 rings (SSSR count). The molecule has 106 valence electrons. The third-order valence-corrected chi connectivity index (χ3v) is 3.57. The second-order valence-electron chi connectivity index (χ2n) is 5.27. The van der Waals surface area contributed by atoms with E-state index in [2.05, 4.69) is 12.2 Å². The maximum absolute atomic E-state index is 11.6. The van der Waals surface area contributed by atoms with E-state index in [9.17, 15) is 4.79 Å². The highest BCUT2D eigenvalue weighted by molar-refractivity contribution is 5.78. The summed E-state index contributed by atoms with van der Waals surface area (Å²) in [6, 6.07) is 0. The maximum Gasteiger partial charge on any atom is 0.132 e. The lowest BCUT2D eigenvalue weighted by Gasteiger charge is -2.03. The molecule has 3 N–H and O–H groups in total. The second-order valence-corrected chi connectivity index (χ2v) is 5.27. The van der Waals surface area contributed by atoms with Crippen molar-refractivity contribution >= 4 is 5.78 Å². The van der Waals surface area contributed by atoms with Crippen LogP contribution in [-0.2, 0) is 4.79 Å². The van der Waals surface area contributed by atoms with Crippen LogP contribution in [0.1, 0.15) is 83.5 Å². The van der Waals surface area contributed by atoms with Crippen molar-refractivity contribution in [3.63, 3.8) is 0 Å². The van der Waals surface area contributed by atoms with Gasteiger partial charge in [-0.3, -0.25) is 4.79 Å². The molecule has 0 aliphatic heterocycles. The van der Waals surface area contributed by atoms with Gasteiger partial charge in [-0.2, -0.15) is 0 Å². The molecular formula is C16H31NO. The van der Waals surface area contributed by atoms with Crippen molar-refractivity contribution < 1.29 is 4.79 Å². The minimum atomic E-state index is 0. The van der Waals surface area contributed by atoms with E-state index in [0.29, 0.717) is 5.78 Å². The van der Waals surface area contributed by atoms with Crippen molar-refractivity contribution in [2.75, 3.05) is 0 Å². The van der Waals surface area contributed by atoms with Gasteiger partial charge < -0.3 is 6.15 Å². The maximum atomic E-state index is 11.6. The third kappa shape index (κ3) is 10.5. The molecule has 0 heterocycles. The predicted octanol–water partition coefficient (Wildman–Crippen LogP) is 5.36. The van der Waals surface area contributed by atoms with Crippen LogP contribution in [-0.4, -0.2) is 5.78 Å². The number of rotatable bonds is 0. The second kappa shape index (κ2) is 12.8. The van der Waals surface area contributed by atoms with Crippen LogP contribution >= 0.6 is 0 Å². The van der Waals surface area contributed by atoms with Crippen molar-refractivity contribution in [1.29, 1.82) is 0 Å². The number of allylic oxidation sites excluding steroid dienone is 2. The zero-order chi connectivity index (χ0) is 12.2. The molecule has 0 bridgehead atoms. The minimum absolute atomic E-state index is 0. The first-order valence-corrected chi connectivity index (χ1v) is 7.56. The Bertz CT molecular complexity index is 223. The molecular weight excluding hydrogens is 222 g/mol. The van der Waals surface area contributed by atoms with Gasteiger partial charge in [0, 0.05) is 12.8 Å². The molecule has 0 aromatic rings. The molecule has 1 aliphatic rings. The summed E-state index contributed by atoms with van der Waals surface area (Å²) in [5, 5.41) is 0. The monoisotopic (exact) mass is 253 g/mol. The fraction of sp³-hybridized carbons (Fsp3) is 0.812. The summed E-state index contributed by atoms with van der Waals surface area (Å²) < 4.78 is 0. The van der Waals surface area contributed by atoms with Crippen molar-refractivity contribution in [2.24, 2.45) is 0 Å². The van der Waals surface area contributed by atoms with Crippen LogP contribution in [0.4, 0.5) is 0 Å². The Morgan fingerprint density at radius 3 is 1.61 bits per heavy atom. The van der Waals surface area contributed by atoms with Gasteiger partial charge >= 0.3 is 0 Å². The highest BCUT2D eigenvalue weighted by Gasteiger charge is 2.01. The summed E-state index contributed by atoms with van der Waals surface area (Å²) in [7, 11) is 0. The molecule has 0 saturated heterocycles. The fourth-order valence-corrected chi connectivity index (χ4v) is 2.41. The average molecular weight is 253 g/mol. The standard InChI is InChI=1S/C16H28O.H3N/c17-16-14-12-10-8-6-4-2-1-3-5-7-9-11-13-15-16;/h4,6H,1-3,5,7-15H2;1H3. The van der Waals surface area contributed by atoms with Crippen LogP contribution in [0, 0.1) is 0 Å². The Kier molecular flexibility index (Phi) is 12.4. The minimum Gasteiger partial charge on any atom is -0.344 e. The van der Waals surface area contributed by atoms with Crippen molar-refractivity contribution in [2.45, 2.75) is 83.5 Å². The Balaban J connectivity index is 0.00000289. The molecule has 0 saturated carbocycles. The number of ketones is 1. The van der Waals surface area contributed by atoms with Crippen LogP contribution in [0.5, 0.6) is 0 Å². The lowest BCUT2D eigenvalue weighted by Crippen LogP contribution is -1.97. The van der Waals surface area contributed by atoms with E-state index in [-0.39, 0.29) is 6.15 Å². The molecule has 0 spiro atoms. The SMILES string of the molecule is N.O=C1CCCCC=CCCCCCCCCC1. The Morgan fingerprint density at radius 1 is 0.611 bits per heavy atom. The molecule has 0 unspecified atom stereocenters. The van der Waals surface area contributed by atoms with Crippen LogP contribution in [0.2, 0.25) is 0 Å². The van der Waals surface area contributed by atoms with Crippen LogP contribution in [0.3, 0.4) is 0 Å². The normalized spacial score (nSPS) is 21.2. The highest BCUT2D eigenvalue weighted by atomic mass is 16.1. The van der Waals surface area contributed by atoms with E-state index in [1.807, 2.05) is 0 Å². The summed E-state index contributed by atoms with van der Waals surface area (Å²) in [6.07, 6.45) is 20.1. The van der Waals surface area contributed by atoms with Crippen molar-refractivity contribution in [3.05, 3.63) is 12.2 Å². The lowest BCUT2D eigenvalue weighted by atomic mass is 10.0. The largest absolute Gasteiger partial charge is 0.344 e. The third-order valence-electron chi connectivity index (χ3n) is 3.57. The predicted molar refractivity (Wildman–Crippen MR) is 79.2 cm³/mol. The van der Waals surface area contributed by atoms with Gasteiger partial charge in [-0.1, -0.05) is 44.3 Å². The average Bonchev–Trinajstić information content (AvgIpc) is 2.32. The summed E-state index contributed by atoms with van der Waals surface area (Å²) in [4.78, 5) is 11.6. The Morgan fingerprint density at radius 2 is 1.00 bits per heavy atom. The van der Waals surface area contributed by atoms with Crippen LogP contribution in [0.15, 0.2) is 12.2 Å². The summed E-state index contributed by atoms with van der Waals surface area (Å²) in [6.45, 7) is 0. The van der Waals surface area contributed by atoms with Gasteiger partial charge in [-0.15, -0.1) is 0 Å². The molecule has 0 fully saturated rings. The van der Waals surface area contributed by atoms with Gasteiger partial charge in [-0.05, 0) is 38.5 Å². The summed E-state index contributed by atoms with van der Waals surface area (Å²) in [5.41, 5.74) is 0. The number of carbonyl (C=O) groups is 1. The number of Topliss-reactive ketones (excluding diaryl/α,β-unsaturated/α-hetero) is 1. The van der Waals surface area contributed by atoms with Crippen molar-refractivity contribution in [3.8, 4) is 0 Å². The van der Waals surface area contributed by atoms with E-state index >= 15 is 0 Å². The van der Waals surface area contributed by atoms with Gasteiger partial charge in [-0.25, -0.2) is 0 Å². The molecule has 18 heavy (non-hydrogen) atoms. The molecule has 0 atom stereocenters. The van der Waals surface area contributed by atoms with E-state index in [4.69, 9.17) is 0 Å². The van der Waals surface area contributed by atoms with E-state index in [0.717, 1.165) is 32.1 Å². The number of hydrogen-bond donors (Lipinski definition) is 1. The quantitative estimate of drug-likeness (QED) is 0.591. The molecule has 0 amide bonds. The van der Waals surface area contributed by atoms with Gasteiger partial charge in [0.15, 0.2) is 0 Å². The Labute approximate surface area is 113 Å². The van der Waals surface area contributed by atoms with E-state index < -0.39 is 0 Å². The first-order chi connectivity index (χ1) is 8.39. The zero-order valence-electron chi connectivity index (χ0n) is 12.0.